The highest BCUT2D eigenvalue weighted by Gasteiger charge is 2.23. The van der Waals surface area contributed by atoms with Crippen LogP contribution in [0.5, 0.6) is 0 Å². The molecule has 5 heteroatoms. The number of nitrogens with zero attached hydrogens (tertiary/aromatic N) is 3. The van der Waals surface area contributed by atoms with Crippen LogP contribution in [-0.2, 0) is 0 Å². The average Bonchev–Trinajstić information content (AvgIpc) is 3.80. The third-order valence-corrected chi connectivity index (χ3v) is 11.8. The first-order valence-electron chi connectivity index (χ1n) is 15.8. The van der Waals surface area contributed by atoms with Gasteiger partial charge in [-0.1, -0.05) is 109 Å². The Morgan fingerprint density at radius 3 is 1.64 bits per heavy atom. The van der Waals surface area contributed by atoms with Crippen LogP contribution in [0, 0.1) is 0 Å². The molecule has 4 aromatic heterocycles. The van der Waals surface area contributed by atoms with E-state index in [0.717, 1.165) is 32.5 Å². The topological polar surface area (TPSA) is 30.7 Å². The summed E-state index contributed by atoms with van der Waals surface area (Å²) in [4.78, 5) is 12.0. The lowest BCUT2D eigenvalue weighted by molar-refractivity contribution is 1.02. The number of rotatable bonds is 2. The largest absolute Gasteiger partial charge is 0.278 e. The van der Waals surface area contributed by atoms with Crippen molar-refractivity contribution in [1.82, 2.24) is 14.5 Å². The maximum atomic E-state index is 5.60. The molecule has 0 aliphatic rings. The minimum Gasteiger partial charge on any atom is -0.278 e. The molecule has 0 atom stereocenters. The standard InChI is InChI=1S/C42H23N3S2/c1-3-12-26-24(10-1)20-22-31-37(26)38-27-13-4-2-11-25(27)21-23-32(38)45(31)42-43-40(39-29-15-6-8-18-34(29)47-41(39)44-42)30-16-9-19-35-36(30)28-14-5-7-17-33(28)46-35/h1-23H. The molecule has 0 unspecified atom stereocenters. The molecule has 0 aliphatic carbocycles. The smallest absolute Gasteiger partial charge is 0.236 e. The normalized spacial score (nSPS) is 12.3. The zero-order chi connectivity index (χ0) is 30.6. The highest BCUT2D eigenvalue weighted by atomic mass is 32.1. The maximum absolute atomic E-state index is 5.60. The van der Waals surface area contributed by atoms with Crippen molar-refractivity contribution in [1.29, 1.82) is 0 Å². The van der Waals surface area contributed by atoms with Crippen LogP contribution in [0.25, 0.3) is 101 Å². The maximum Gasteiger partial charge on any atom is 0.236 e. The third kappa shape index (κ3) is 3.50. The first-order valence-corrected chi connectivity index (χ1v) is 17.4. The van der Waals surface area contributed by atoms with Crippen LogP contribution >= 0.6 is 22.7 Å². The predicted molar refractivity (Wildman–Crippen MR) is 203 cm³/mol. The molecule has 3 nitrogen and oxygen atoms in total. The van der Waals surface area contributed by atoms with Gasteiger partial charge in [-0.2, -0.15) is 0 Å². The van der Waals surface area contributed by atoms with E-state index in [0.29, 0.717) is 5.95 Å². The summed E-state index contributed by atoms with van der Waals surface area (Å²) in [5.74, 6) is 0.696. The van der Waals surface area contributed by atoms with E-state index in [1.165, 1.54) is 62.6 Å². The van der Waals surface area contributed by atoms with Crippen molar-refractivity contribution in [2.24, 2.45) is 0 Å². The summed E-state index contributed by atoms with van der Waals surface area (Å²) in [6.45, 7) is 0. The second kappa shape index (κ2) is 9.46. The van der Waals surface area contributed by atoms with Gasteiger partial charge in [0, 0.05) is 52.0 Å². The molecule has 0 amide bonds. The van der Waals surface area contributed by atoms with Gasteiger partial charge in [0.15, 0.2) is 0 Å². The van der Waals surface area contributed by atoms with Crippen LogP contribution in [0.2, 0.25) is 0 Å². The summed E-state index contributed by atoms with van der Waals surface area (Å²) < 4.78 is 6.07. The molecule has 0 N–H and O–H groups in total. The Bertz CT molecular complexity index is 3000. The quantitative estimate of drug-likeness (QED) is 0.190. The van der Waals surface area contributed by atoms with Gasteiger partial charge in [0.05, 0.1) is 16.7 Å². The lowest BCUT2D eigenvalue weighted by atomic mass is 10.00. The average molecular weight is 634 g/mol. The van der Waals surface area contributed by atoms with Gasteiger partial charge in [0.2, 0.25) is 5.95 Å². The molecule has 4 heterocycles. The van der Waals surface area contributed by atoms with E-state index in [2.05, 4.69) is 144 Å². The van der Waals surface area contributed by atoms with E-state index in [1.54, 1.807) is 11.3 Å². The summed E-state index contributed by atoms with van der Waals surface area (Å²) >= 11 is 3.59. The Kier molecular flexibility index (Phi) is 5.14. The Morgan fingerprint density at radius 1 is 0.404 bits per heavy atom. The van der Waals surface area contributed by atoms with Gasteiger partial charge in [-0.05, 0) is 51.9 Å². The monoisotopic (exact) mass is 633 g/mol. The molecular formula is C42H23N3S2. The third-order valence-electron chi connectivity index (χ3n) is 9.63. The minimum atomic E-state index is 0.696. The molecule has 0 radical (unpaired) electrons. The number of fused-ring (bicyclic) bond motifs is 13. The summed E-state index contributed by atoms with van der Waals surface area (Å²) in [6.07, 6.45) is 0. The van der Waals surface area contributed by atoms with Gasteiger partial charge in [-0.15, -0.1) is 22.7 Å². The predicted octanol–water partition coefficient (Wildman–Crippen LogP) is 12.3. The molecule has 0 bridgehead atoms. The summed E-state index contributed by atoms with van der Waals surface area (Å²) in [7, 11) is 0. The van der Waals surface area contributed by atoms with Gasteiger partial charge >= 0.3 is 0 Å². The molecular weight excluding hydrogens is 611 g/mol. The fourth-order valence-corrected chi connectivity index (χ4v) is 9.85. The molecule has 0 aliphatic heterocycles. The Morgan fingerprint density at radius 2 is 0.957 bits per heavy atom. The van der Waals surface area contributed by atoms with Crippen molar-refractivity contribution in [2.75, 3.05) is 0 Å². The summed E-state index contributed by atoms with van der Waals surface area (Å²) in [5, 5.41) is 12.3. The van der Waals surface area contributed by atoms with Crippen LogP contribution in [0.3, 0.4) is 0 Å². The van der Waals surface area contributed by atoms with Gasteiger partial charge in [0.1, 0.15) is 4.83 Å². The molecule has 47 heavy (non-hydrogen) atoms. The van der Waals surface area contributed by atoms with Crippen LogP contribution in [0.4, 0.5) is 0 Å². The minimum absolute atomic E-state index is 0.696. The molecule has 0 fully saturated rings. The van der Waals surface area contributed by atoms with E-state index in [4.69, 9.17) is 9.97 Å². The van der Waals surface area contributed by atoms with Crippen molar-refractivity contribution in [3.05, 3.63) is 140 Å². The number of aromatic nitrogens is 3. The lowest BCUT2D eigenvalue weighted by Crippen LogP contribution is -2.02. The van der Waals surface area contributed by atoms with Crippen LogP contribution in [0.15, 0.2) is 140 Å². The van der Waals surface area contributed by atoms with Crippen molar-refractivity contribution in [2.45, 2.75) is 0 Å². The SMILES string of the molecule is c1ccc2c(c1)ccc1c2c2c3ccccc3ccc2n1-c1nc(-c2cccc3sc4ccccc4c23)c2c(n1)sc1ccccc12. The first kappa shape index (κ1) is 25.6. The fourth-order valence-electron chi connectivity index (χ4n) is 7.64. The molecule has 7 aromatic carbocycles. The Labute approximate surface area is 276 Å². The van der Waals surface area contributed by atoms with Crippen LogP contribution < -0.4 is 0 Å². The second-order valence-electron chi connectivity index (χ2n) is 12.1. The number of thiophene rings is 2. The Hall–Kier alpha value is -5.62. The molecule has 11 aromatic rings. The van der Waals surface area contributed by atoms with Crippen LogP contribution in [-0.4, -0.2) is 14.5 Å². The van der Waals surface area contributed by atoms with E-state index >= 15 is 0 Å². The molecule has 0 saturated heterocycles. The van der Waals surface area contributed by atoms with E-state index in [9.17, 15) is 0 Å². The first-order chi connectivity index (χ1) is 23.3. The number of hydrogen-bond acceptors (Lipinski definition) is 4. The number of benzene rings is 7. The van der Waals surface area contributed by atoms with Crippen molar-refractivity contribution in [3.8, 4) is 17.2 Å². The zero-order valence-corrected chi connectivity index (χ0v) is 26.6. The van der Waals surface area contributed by atoms with E-state index in [-0.39, 0.29) is 0 Å². The number of hydrogen-bond donors (Lipinski definition) is 0. The van der Waals surface area contributed by atoms with E-state index < -0.39 is 0 Å². The fraction of sp³-hybridized carbons (Fsp3) is 0. The summed E-state index contributed by atoms with van der Waals surface area (Å²) in [6, 6.07) is 50.4. The van der Waals surface area contributed by atoms with Crippen molar-refractivity contribution >= 4 is 106 Å². The van der Waals surface area contributed by atoms with Gasteiger partial charge in [-0.25, -0.2) is 9.97 Å². The van der Waals surface area contributed by atoms with Crippen LogP contribution in [0.1, 0.15) is 0 Å². The lowest BCUT2D eigenvalue weighted by Gasteiger charge is -2.12. The van der Waals surface area contributed by atoms with Gasteiger partial charge in [0.25, 0.3) is 0 Å². The zero-order valence-electron chi connectivity index (χ0n) is 24.9. The highest BCUT2D eigenvalue weighted by Crippen LogP contribution is 2.46. The molecule has 0 saturated carbocycles. The Balaban J connectivity index is 1.34. The molecule has 11 rings (SSSR count). The molecule has 218 valence electrons. The van der Waals surface area contributed by atoms with Crippen molar-refractivity contribution < 1.29 is 0 Å². The van der Waals surface area contributed by atoms with Crippen molar-refractivity contribution in [3.63, 3.8) is 0 Å². The van der Waals surface area contributed by atoms with Gasteiger partial charge in [-0.3, -0.25) is 4.57 Å². The van der Waals surface area contributed by atoms with E-state index in [1.807, 2.05) is 11.3 Å². The molecule has 0 spiro atoms. The second-order valence-corrected chi connectivity index (χ2v) is 14.2. The van der Waals surface area contributed by atoms with Gasteiger partial charge < -0.3 is 0 Å². The highest BCUT2D eigenvalue weighted by molar-refractivity contribution is 7.26. The summed E-state index contributed by atoms with van der Waals surface area (Å²) in [5.41, 5.74) is 4.35.